The molecule has 2 aromatic carbocycles. The third-order valence-electron chi connectivity index (χ3n) is 6.32. The molecule has 9 heteroatoms. The van der Waals surface area contributed by atoms with E-state index in [-0.39, 0.29) is 11.5 Å². The van der Waals surface area contributed by atoms with E-state index in [1.807, 2.05) is 0 Å². The number of nitrogens with zero attached hydrogens (tertiary/aromatic N) is 2. The number of amides is 2. The van der Waals surface area contributed by atoms with Crippen LogP contribution < -0.4 is 4.90 Å². The number of phenols is 2. The van der Waals surface area contributed by atoms with Crippen LogP contribution in [-0.2, 0) is 19.2 Å². The number of anilines is 1. The van der Waals surface area contributed by atoms with Crippen LogP contribution in [0.1, 0.15) is 5.56 Å². The highest BCUT2D eigenvalue weighted by Gasteiger charge is 2.72. The highest BCUT2D eigenvalue weighted by Crippen LogP contribution is 2.55. The van der Waals surface area contributed by atoms with E-state index in [0.29, 0.717) is 17.0 Å². The van der Waals surface area contributed by atoms with E-state index in [2.05, 4.69) is 5.16 Å². The predicted molar refractivity (Wildman–Crippen MR) is 99.2 cm³/mol. The molecule has 4 aliphatic heterocycles. The van der Waals surface area contributed by atoms with Crippen molar-refractivity contribution in [2.75, 3.05) is 4.90 Å². The topological polar surface area (TPSA) is 109 Å². The first kappa shape index (κ1) is 17.4. The van der Waals surface area contributed by atoms with E-state index in [0.717, 1.165) is 4.90 Å². The van der Waals surface area contributed by atoms with E-state index in [4.69, 9.17) is 9.57 Å². The van der Waals surface area contributed by atoms with E-state index >= 15 is 0 Å². The molecular weight excluding hydrogens is 395 g/mol. The Balaban J connectivity index is 1.36. The molecule has 2 bridgehead atoms. The van der Waals surface area contributed by atoms with Crippen LogP contribution in [0, 0.1) is 23.6 Å². The molecule has 6 rings (SSSR count). The van der Waals surface area contributed by atoms with Gasteiger partial charge in [-0.15, -0.1) is 0 Å². The van der Waals surface area contributed by atoms with E-state index in [9.17, 15) is 24.2 Å². The lowest BCUT2D eigenvalue weighted by Gasteiger charge is -2.26. The molecule has 6 atom stereocenters. The van der Waals surface area contributed by atoms with Crippen LogP contribution >= 0.6 is 0 Å². The van der Waals surface area contributed by atoms with Gasteiger partial charge in [-0.05, 0) is 36.4 Å². The first-order valence-corrected chi connectivity index (χ1v) is 9.50. The van der Waals surface area contributed by atoms with Gasteiger partial charge in [-0.3, -0.25) is 9.59 Å². The number of rotatable bonds is 2. The van der Waals surface area contributed by atoms with Crippen molar-refractivity contribution in [1.29, 1.82) is 0 Å². The number of carbonyl (C=O) groups is 2. The van der Waals surface area contributed by atoms with Gasteiger partial charge in [-0.2, -0.15) is 0 Å². The molecule has 0 aliphatic carbocycles. The van der Waals surface area contributed by atoms with Crippen LogP contribution in [0.4, 0.5) is 10.1 Å². The summed E-state index contributed by atoms with van der Waals surface area (Å²) in [4.78, 5) is 32.9. The fourth-order valence-corrected chi connectivity index (χ4v) is 5.18. The fourth-order valence-electron chi connectivity index (χ4n) is 5.18. The summed E-state index contributed by atoms with van der Waals surface area (Å²) in [6, 6.07) is 9.28. The Hall–Kier alpha value is -3.46. The molecule has 0 saturated carbocycles. The minimum Gasteiger partial charge on any atom is -0.508 e. The van der Waals surface area contributed by atoms with Gasteiger partial charge in [-0.1, -0.05) is 5.16 Å². The van der Waals surface area contributed by atoms with Gasteiger partial charge in [-0.25, -0.2) is 9.29 Å². The summed E-state index contributed by atoms with van der Waals surface area (Å²) in [7, 11) is 0. The zero-order valence-electron chi connectivity index (χ0n) is 15.3. The number of ether oxygens (including phenoxy) is 1. The van der Waals surface area contributed by atoms with Gasteiger partial charge < -0.3 is 19.8 Å². The van der Waals surface area contributed by atoms with Crippen molar-refractivity contribution in [1.82, 2.24) is 0 Å². The largest absolute Gasteiger partial charge is 0.508 e. The van der Waals surface area contributed by atoms with Crippen LogP contribution in [0.5, 0.6) is 11.5 Å². The molecule has 0 unspecified atom stereocenters. The molecular formula is C21H15FN2O6. The molecule has 0 aromatic heterocycles. The first-order valence-electron chi connectivity index (χ1n) is 9.50. The Labute approximate surface area is 169 Å². The van der Waals surface area contributed by atoms with Gasteiger partial charge in [0.05, 0.1) is 35.3 Å². The summed E-state index contributed by atoms with van der Waals surface area (Å²) in [5, 5.41) is 23.7. The minimum atomic E-state index is -0.702. The minimum absolute atomic E-state index is 0.132. The maximum absolute atomic E-state index is 13.3. The van der Waals surface area contributed by atoms with Crippen LogP contribution in [0.15, 0.2) is 47.6 Å². The number of hydrogen-bond acceptors (Lipinski definition) is 7. The van der Waals surface area contributed by atoms with Gasteiger partial charge in [0, 0.05) is 11.6 Å². The Morgan fingerprint density at radius 1 is 0.867 bits per heavy atom. The number of hydrogen-bond donors (Lipinski definition) is 2. The zero-order valence-corrected chi connectivity index (χ0v) is 15.3. The lowest BCUT2D eigenvalue weighted by molar-refractivity contribution is -0.125. The second-order valence-corrected chi connectivity index (χ2v) is 7.92. The molecule has 3 fully saturated rings. The summed E-state index contributed by atoms with van der Waals surface area (Å²) in [6.45, 7) is 0. The summed E-state index contributed by atoms with van der Waals surface area (Å²) in [6.07, 6.45) is -1.81. The molecule has 4 heterocycles. The van der Waals surface area contributed by atoms with Gasteiger partial charge in [0.25, 0.3) is 0 Å². The molecule has 2 amide bonds. The predicted octanol–water partition coefficient (Wildman–Crippen LogP) is 1.54. The maximum Gasteiger partial charge on any atom is 0.240 e. The molecule has 30 heavy (non-hydrogen) atoms. The number of fused-ring (bicyclic) bond motifs is 8. The lowest BCUT2D eigenvalue weighted by atomic mass is 9.71. The van der Waals surface area contributed by atoms with E-state index < -0.39 is 53.7 Å². The molecule has 2 aromatic rings. The fraction of sp³-hybridized carbons (Fsp3) is 0.286. The number of oxime groups is 1. The Kier molecular flexibility index (Phi) is 3.36. The summed E-state index contributed by atoms with van der Waals surface area (Å²) >= 11 is 0. The number of benzene rings is 2. The Morgan fingerprint density at radius 2 is 1.50 bits per heavy atom. The summed E-state index contributed by atoms with van der Waals surface area (Å²) < 4.78 is 19.3. The normalized spacial score (nSPS) is 33.5. The second kappa shape index (κ2) is 5.79. The highest BCUT2D eigenvalue weighted by molar-refractivity contribution is 6.23. The van der Waals surface area contributed by atoms with Gasteiger partial charge >= 0.3 is 0 Å². The van der Waals surface area contributed by atoms with Crippen molar-refractivity contribution in [3.8, 4) is 11.5 Å². The average Bonchev–Trinajstić information content (AvgIpc) is 3.42. The van der Waals surface area contributed by atoms with E-state index in [1.54, 1.807) is 0 Å². The third-order valence-corrected chi connectivity index (χ3v) is 6.32. The number of phenolic OH excluding ortho intramolecular Hbond substituents is 2. The zero-order chi connectivity index (χ0) is 20.7. The van der Waals surface area contributed by atoms with Crippen molar-refractivity contribution in [3.05, 3.63) is 53.8 Å². The van der Waals surface area contributed by atoms with Crippen molar-refractivity contribution >= 4 is 23.2 Å². The molecule has 0 spiro atoms. The van der Waals surface area contributed by atoms with Crippen molar-refractivity contribution < 1.29 is 33.8 Å². The summed E-state index contributed by atoms with van der Waals surface area (Å²) in [5.74, 6) is -3.32. The van der Waals surface area contributed by atoms with Crippen LogP contribution in [0.25, 0.3) is 0 Å². The second-order valence-electron chi connectivity index (χ2n) is 7.92. The number of halogens is 1. The Morgan fingerprint density at radius 3 is 2.17 bits per heavy atom. The van der Waals surface area contributed by atoms with Gasteiger partial charge in [0.1, 0.15) is 23.4 Å². The standard InChI is InChI=1S/C21H15FN2O6/c22-9-1-3-10(4-2-9)24-20(27)13-14(21(24)28)18-19-15(17(13)29-18)16(23-30-19)8-5-11(25)7-12(26)6-8/h1-7,13-15,17-19,25-26H/t13-,14+,15-,17-,18+,19-/m1/s1. The van der Waals surface area contributed by atoms with Crippen molar-refractivity contribution in [2.45, 2.75) is 18.3 Å². The SMILES string of the molecule is O=C1[C@@H]2[C@@H]3O[C@@H]([C@H]4C(c5cc(O)cc(O)c5)=NO[C@@H]34)[C@@H]2C(=O)N1c1ccc(F)cc1. The van der Waals surface area contributed by atoms with Crippen LogP contribution in [0.2, 0.25) is 0 Å². The average molecular weight is 410 g/mol. The monoisotopic (exact) mass is 410 g/mol. The summed E-state index contributed by atoms with van der Waals surface area (Å²) in [5.41, 5.74) is 1.23. The third kappa shape index (κ3) is 2.15. The number of carbonyl (C=O) groups excluding carboxylic acids is 2. The molecule has 8 nitrogen and oxygen atoms in total. The van der Waals surface area contributed by atoms with Gasteiger partial charge in [0.2, 0.25) is 11.8 Å². The molecule has 2 N–H and O–H groups in total. The quantitative estimate of drug-likeness (QED) is 0.727. The van der Waals surface area contributed by atoms with Crippen LogP contribution in [0.3, 0.4) is 0 Å². The maximum atomic E-state index is 13.3. The lowest BCUT2D eigenvalue weighted by Crippen LogP contribution is -2.45. The van der Waals surface area contributed by atoms with E-state index in [1.165, 1.54) is 42.5 Å². The van der Waals surface area contributed by atoms with Crippen LogP contribution in [-0.4, -0.2) is 46.1 Å². The first-order chi connectivity index (χ1) is 14.4. The molecule has 152 valence electrons. The Bertz CT molecular complexity index is 1110. The molecule has 4 aliphatic rings. The smallest absolute Gasteiger partial charge is 0.240 e. The van der Waals surface area contributed by atoms with Crippen molar-refractivity contribution in [3.63, 3.8) is 0 Å². The number of imide groups is 1. The number of aromatic hydroxyl groups is 2. The molecule has 0 radical (unpaired) electrons. The molecule has 3 saturated heterocycles. The highest BCUT2D eigenvalue weighted by atomic mass is 19.1. The van der Waals surface area contributed by atoms with Crippen molar-refractivity contribution in [2.24, 2.45) is 22.9 Å². The van der Waals surface area contributed by atoms with Gasteiger partial charge in [0.15, 0.2) is 6.10 Å².